The normalized spacial score (nSPS) is 13.3. The van der Waals surface area contributed by atoms with Crippen molar-refractivity contribution in [2.45, 2.75) is 46.1 Å². The molecule has 0 rings (SSSR count). The lowest BCUT2D eigenvalue weighted by molar-refractivity contribution is 0.490. The van der Waals surface area contributed by atoms with Crippen LogP contribution in [0.15, 0.2) is 0 Å². The van der Waals surface area contributed by atoms with E-state index < -0.39 is 10.0 Å². The minimum atomic E-state index is -3.05. The lowest BCUT2D eigenvalue weighted by Crippen LogP contribution is -2.41. The Morgan fingerprint density at radius 1 is 1.33 bits per heavy atom. The van der Waals surface area contributed by atoms with Crippen molar-refractivity contribution in [2.75, 3.05) is 5.75 Å². The van der Waals surface area contributed by atoms with E-state index in [9.17, 15) is 8.42 Å². The average molecular weight is 195 g/mol. The summed E-state index contributed by atoms with van der Waals surface area (Å²) in [6.07, 6.45) is 1.64. The lowest BCUT2D eigenvalue weighted by atomic mass is 10.1. The van der Waals surface area contributed by atoms with E-state index in [4.69, 9.17) is 0 Å². The second-order valence-corrected chi connectivity index (χ2v) is 5.87. The predicted molar refractivity (Wildman–Crippen MR) is 53.7 cm³/mol. The summed E-state index contributed by atoms with van der Waals surface area (Å²) in [6.45, 7) is 7.51. The van der Waals surface area contributed by atoms with Gasteiger partial charge in [0.15, 0.2) is 0 Å². The molecule has 0 aromatic heterocycles. The fourth-order valence-corrected chi connectivity index (χ4v) is 2.56. The summed E-state index contributed by atoms with van der Waals surface area (Å²) >= 11 is 0. The third-order valence-electron chi connectivity index (χ3n) is 1.23. The smallest absolute Gasteiger partial charge is 0.212 e. The number of hydrogen-bond donors (Lipinski definition) is 1. The molecule has 0 aliphatic rings. The third-order valence-corrected chi connectivity index (χ3v) is 2.98. The van der Waals surface area contributed by atoms with E-state index in [1.54, 1.807) is 0 Å². The van der Waals surface area contributed by atoms with E-state index in [0.29, 0.717) is 0 Å². The molecule has 0 atom stereocenters. The molecular formula is C8H21NO2S. The Labute approximate surface area is 77.1 Å². The van der Waals surface area contributed by atoms with E-state index in [0.717, 1.165) is 12.8 Å². The first-order valence-corrected chi connectivity index (χ1v) is 5.94. The van der Waals surface area contributed by atoms with Crippen LogP contribution in [0.4, 0.5) is 0 Å². The van der Waals surface area contributed by atoms with Crippen LogP contribution in [0, 0.1) is 0 Å². The summed E-state index contributed by atoms with van der Waals surface area (Å²) < 4.78 is 25.2. The molecule has 0 saturated carbocycles. The average Bonchev–Trinajstić information content (AvgIpc) is 1.78. The molecule has 0 unspecified atom stereocenters. The van der Waals surface area contributed by atoms with E-state index in [1.807, 2.05) is 27.7 Å². The Morgan fingerprint density at radius 2 is 1.83 bits per heavy atom. The summed E-state index contributed by atoms with van der Waals surface area (Å²) in [5.41, 5.74) is -0.355. The van der Waals surface area contributed by atoms with Crippen LogP contribution in [0.2, 0.25) is 0 Å². The molecule has 0 bridgehead atoms. The Hall–Kier alpha value is -0.0900. The van der Waals surface area contributed by atoms with Gasteiger partial charge in [0, 0.05) is 6.97 Å². The molecule has 0 aromatic carbocycles. The van der Waals surface area contributed by atoms with Crippen molar-refractivity contribution in [2.24, 2.45) is 0 Å². The molecule has 3 nitrogen and oxygen atoms in total. The van der Waals surface area contributed by atoms with Gasteiger partial charge in [0.2, 0.25) is 10.0 Å². The minimum Gasteiger partial charge on any atom is -0.212 e. The third kappa shape index (κ3) is 6.61. The van der Waals surface area contributed by atoms with Gasteiger partial charge in [-0.2, -0.15) is 0 Å². The van der Waals surface area contributed by atoms with Gasteiger partial charge in [-0.25, -0.2) is 13.1 Å². The number of unbranched alkanes of at least 4 members (excludes halogenated alkanes) is 1. The summed E-state index contributed by atoms with van der Waals surface area (Å²) in [5, 5.41) is 0. The first-order chi connectivity index (χ1) is 5.27. The molecule has 0 fully saturated rings. The summed E-state index contributed by atoms with van der Waals surface area (Å²) in [7, 11) is -3.05. The van der Waals surface area contributed by atoms with Crippen LogP contribution < -0.4 is 4.72 Å². The zero-order valence-electron chi connectivity index (χ0n) is 8.35. The van der Waals surface area contributed by atoms with Gasteiger partial charge in [-0.05, 0) is 27.2 Å². The molecular weight excluding hydrogens is 174 g/mol. The minimum absolute atomic E-state index is 0. The molecule has 76 valence electrons. The van der Waals surface area contributed by atoms with Gasteiger partial charge >= 0.3 is 0 Å². The molecule has 4 heteroatoms. The van der Waals surface area contributed by atoms with Crippen molar-refractivity contribution >= 4 is 10.0 Å². The zero-order valence-corrected chi connectivity index (χ0v) is 9.16. The number of rotatable bonds is 4. The highest BCUT2D eigenvalue weighted by Gasteiger charge is 2.18. The Kier molecular flexibility index (Phi) is 4.20. The van der Waals surface area contributed by atoms with Gasteiger partial charge in [0.05, 0.1) is 5.75 Å². The standard InChI is InChI=1S/C8H19NO2S.H2/c1-5-6-7-12(10,11)9-8(2,3)4;/h9H,5-7H2,1-4H3;1H. The van der Waals surface area contributed by atoms with Crippen LogP contribution in [-0.2, 0) is 10.0 Å². The van der Waals surface area contributed by atoms with Gasteiger partial charge < -0.3 is 0 Å². The van der Waals surface area contributed by atoms with E-state index in [-0.39, 0.29) is 12.7 Å². The number of nitrogens with one attached hydrogen (secondary N) is 1. The quantitative estimate of drug-likeness (QED) is 0.743. The molecule has 0 heterocycles. The van der Waals surface area contributed by atoms with Gasteiger partial charge in [0.1, 0.15) is 0 Å². The molecule has 0 aliphatic heterocycles. The Bertz CT molecular complexity index is 219. The van der Waals surface area contributed by atoms with Crippen molar-refractivity contribution in [3.8, 4) is 0 Å². The topological polar surface area (TPSA) is 46.2 Å². The summed E-state index contributed by atoms with van der Waals surface area (Å²) in [6, 6.07) is 0. The van der Waals surface area contributed by atoms with Gasteiger partial charge in [-0.3, -0.25) is 0 Å². The first-order valence-electron chi connectivity index (χ1n) is 4.28. The Morgan fingerprint density at radius 3 is 2.17 bits per heavy atom. The largest absolute Gasteiger partial charge is 0.212 e. The van der Waals surface area contributed by atoms with Gasteiger partial charge in [-0.1, -0.05) is 13.3 Å². The van der Waals surface area contributed by atoms with Gasteiger partial charge in [0.25, 0.3) is 0 Å². The maximum Gasteiger partial charge on any atom is 0.212 e. The van der Waals surface area contributed by atoms with Crippen LogP contribution >= 0.6 is 0 Å². The monoisotopic (exact) mass is 195 g/mol. The first kappa shape index (κ1) is 11.9. The van der Waals surface area contributed by atoms with Gasteiger partial charge in [-0.15, -0.1) is 0 Å². The fourth-order valence-electron chi connectivity index (χ4n) is 0.852. The summed E-state index contributed by atoms with van der Waals surface area (Å²) in [4.78, 5) is 0. The van der Waals surface area contributed by atoms with Crippen LogP contribution in [0.3, 0.4) is 0 Å². The fraction of sp³-hybridized carbons (Fsp3) is 1.00. The maximum atomic E-state index is 11.3. The highest BCUT2D eigenvalue weighted by atomic mass is 32.2. The van der Waals surface area contributed by atoms with E-state index >= 15 is 0 Å². The van der Waals surface area contributed by atoms with Crippen molar-refractivity contribution in [3.05, 3.63) is 0 Å². The van der Waals surface area contributed by atoms with Crippen LogP contribution in [-0.4, -0.2) is 19.7 Å². The molecule has 0 aliphatic carbocycles. The van der Waals surface area contributed by atoms with Crippen molar-refractivity contribution in [3.63, 3.8) is 0 Å². The SMILES string of the molecule is CCCCS(=O)(=O)NC(C)(C)C.[HH]. The van der Waals surface area contributed by atoms with Crippen LogP contribution in [0.1, 0.15) is 42.0 Å². The molecule has 0 amide bonds. The van der Waals surface area contributed by atoms with Crippen LogP contribution in [0.5, 0.6) is 0 Å². The second-order valence-electron chi connectivity index (χ2n) is 4.02. The molecule has 0 radical (unpaired) electrons. The predicted octanol–water partition coefficient (Wildman–Crippen LogP) is 1.75. The zero-order chi connectivity index (χ0) is 9.83. The second kappa shape index (κ2) is 4.23. The molecule has 0 saturated heterocycles. The van der Waals surface area contributed by atoms with Crippen molar-refractivity contribution in [1.82, 2.24) is 4.72 Å². The summed E-state index contributed by atoms with van der Waals surface area (Å²) in [5.74, 6) is 0.237. The molecule has 1 N–H and O–H groups in total. The van der Waals surface area contributed by atoms with E-state index in [1.165, 1.54) is 0 Å². The highest BCUT2D eigenvalue weighted by Crippen LogP contribution is 2.03. The molecule has 0 spiro atoms. The highest BCUT2D eigenvalue weighted by molar-refractivity contribution is 7.89. The molecule has 0 aromatic rings. The van der Waals surface area contributed by atoms with Crippen molar-refractivity contribution < 1.29 is 9.84 Å². The maximum absolute atomic E-state index is 11.3. The Balaban J connectivity index is 0. The lowest BCUT2D eigenvalue weighted by Gasteiger charge is -2.20. The molecule has 12 heavy (non-hydrogen) atoms. The van der Waals surface area contributed by atoms with Crippen molar-refractivity contribution in [1.29, 1.82) is 0 Å². The number of sulfonamides is 1. The number of hydrogen-bond acceptors (Lipinski definition) is 2. The van der Waals surface area contributed by atoms with E-state index in [2.05, 4.69) is 4.72 Å². The van der Waals surface area contributed by atoms with Crippen LogP contribution in [0.25, 0.3) is 0 Å².